The van der Waals surface area contributed by atoms with Crippen molar-refractivity contribution in [1.29, 1.82) is 0 Å². The first-order chi connectivity index (χ1) is 8.85. The van der Waals surface area contributed by atoms with Gasteiger partial charge in [0.25, 0.3) is 0 Å². The monoisotopic (exact) mass is 250 g/mol. The molecular formula is C14H26N4. The zero-order valence-electron chi connectivity index (χ0n) is 11.7. The third-order valence-electron chi connectivity index (χ3n) is 3.87. The van der Waals surface area contributed by atoms with Crippen LogP contribution < -0.4 is 5.32 Å². The Morgan fingerprint density at radius 1 is 1.39 bits per heavy atom. The molecule has 4 heteroatoms. The number of piperidine rings is 1. The largest absolute Gasteiger partial charge is 0.334 e. The van der Waals surface area contributed by atoms with Gasteiger partial charge in [-0.1, -0.05) is 13.3 Å². The van der Waals surface area contributed by atoms with Gasteiger partial charge in [-0.15, -0.1) is 0 Å². The van der Waals surface area contributed by atoms with Crippen LogP contribution >= 0.6 is 0 Å². The number of hydrogen-bond donors (Lipinski definition) is 1. The summed E-state index contributed by atoms with van der Waals surface area (Å²) in [5.74, 6) is 1.21. The number of likely N-dealkylation sites (tertiary alicyclic amines) is 1. The molecule has 1 atom stereocenters. The summed E-state index contributed by atoms with van der Waals surface area (Å²) in [6, 6.07) is 0.681. The molecule has 1 saturated heterocycles. The first-order valence-corrected chi connectivity index (χ1v) is 7.30. The van der Waals surface area contributed by atoms with Crippen LogP contribution in [0.2, 0.25) is 0 Å². The Kier molecular flexibility index (Phi) is 5.20. The van der Waals surface area contributed by atoms with E-state index >= 15 is 0 Å². The second kappa shape index (κ2) is 6.90. The Labute approximate surface area is 110 Å². The molecule has 0 radical (unpaired) electrons. The van der Waals surface area contributed by atoms with Crippen LogP contribution in [0.1, 0.15) is 38.9 Å². The molecule has 0 bridgehead atoms. The van der Waals surface area contributed by atoms with Gasteiger partial charge in [-0.25, -0.2) is 4.98 Å². The first kappa shape index (κ1) is 13.6. The normalized spacial score (nSPS) is 21.3. The molecule has 1 fully saturated rings. The number of aromatic nitrogens is 2. The second-order valence-corrected chi connectivity index (χ2v) is 5.06. The summed E-state index contributed by atoms with van der Waals surface area (Å²) in [6.45, 7) is 9.76. The summed E-state index contributed by atoms with van der Waals surface area (Å²) in [5, 5.41) is 3.49. The van der Waals surface area contributed by atoms with Crippen molar-refractivity contribution in [2.75, 3.05) is 19.6 Å². The van der Waals surface area contributed by atoms with Gasteiger partial charge >= 0.3 is 0 Å². The molecule has 1 aromatic rings. The quantitative estimate of drug-likeness (QED) is 0.836. The zero-order valence-corrected chi connectivity index (χ0v) is 11.7. The van der Waals surface area contributed by atoms with E-state index in [2.05, 4.69) is 39.8 Å². The number of nitrogens with one attached hydrogen (secondary N) is 1. The maximum Gasteiger partial charge on any atom is 0.122 e. The topological polar surface area (TPSA) is 33.1 Å². The molecule has 102 valence electrons. The maximum atomic E-state index is 4.50. The fraction of sp³-hybridized carbons (Fsp3) is 0.786. The molecular weight excluding hydrogens is 224 g/mol. The summed E-state index contributed by atoms with van der Waals surface area (Å²) in [7, 11) is 0. The van der Waals surface area contributed by atoms with Gasteiger partial charge in [0, 0.05) is 31.5 Å². The summed E-state index contributed by atoms with van der Waals surface area (Å²) < 4.78 is 2.25. The van der Waals surface area contributed by atoms with Crippen LogP contribution in [-0.4, -0.2) is 40.1 Å². The summed E-state index contributed by atoms with van der Waals surface area (Å²) >= 11 is 0. The van der Waals surface area contributed by atoms with Gasteiger partial charge < -0.3 is 9.88 Å². The Hall–Kier alpha value is -0.870. The lowest BCUT2D eigenvalue weighted by Gasteiger charge is -2.35. The standard InChI is InChI=1S/C14H26N4/c1-3-15-11-13-7-5-6-9-18(13)12-14-16-8-10-17(14)4-2/h8,10,13,15H,3-7,9,11-12H2,1-2H3. The van der Waals surface area contributed by atoms with Crippen molar-refractivity contribution in [3.63, 3.8) is 0 Å². The van der Waals surface area contributed by atoms with Crippen LogP contribution in [0, 0.1) is 0 Å². The van der Waals surface area contributed by atoms with E-state index in [1.54, 1.807) is 0 Å². The molecule has 1 aliphatic rings. The first-order valence-electron chi connectivity index (χ1n) is 7.30. The highest BCUT2D eigenvalue weighted by Crippen LogP contribution is 2.18. The van der Waals surface area contributed by atoms with Gasteiger partial charge in [-0.3, -0.25) is 4.90 Å². The van der Waals surface area contributed by atoms with Crippen LogP contribution in [0.25, 0.3) is 0 Å². The maximum absolute atomic E-state index is 4.50. The lowest BCUT2D eigenvalue weighted by Crippen LogP contribution is -2.45. The van der Waals surface area contributed by atoms with E-state index in [0.29, 0.717) is 6.04 Å². The molecule has 0 saturated carbocycles. The average Bonchev–Trinajstić information content (AvgIpc) is 2.85. The van der Waals surface area contributed by atoms with Crippen molar-refractivity contribution < 1.29 is 0 Å². The van der Waals surface area contributed by atoms with Crippen LogP contribution in [-0.2, 0) is 13.1 Å². The predicted molar refractivity (Wildman–Crippen MR) is 74.5 cm³/mol. The van der Waals surface area contributed by atoms with Crippen molar-refractivity contribution >= 4 is 0 Å². The minimum absolute atomic E-state index is 0.681. The van der Waals surface area contributed by atoms with E-state index in [1.165, 1.54) is 31.6 Å². The molecule has 4 nitrogen and oxygen atoms in total. The van der Waals surface area contributed by atoms with E-state index in [-0.39, 0.29) is 0 Å². The molecule has 2 heterocycles. The predicted octanol–water partition coefficient (Wildman–Crippen LogP) is 1.87. The smallest absolute Gasteiger partial charge is 0.122 e. The molecule has 1 N–H and O–H groups in total. The van der Waals surface area contributed by atoms with E-state index < -0.39 is 0 Å². The van der Waals surface area contributed by atoms with Crippen molar-refractivity contribution in [3.8, 4) is 0 Å². The SMILES string of the molecule is CCNCC1CCCCN1Cc1nccn1CC. The molecule has 0 spiro atoms. The molecule has 0 aliphatic carbocycles. The highest BCUT2D eigenvalue weighted by Gasteiger charge is 2.22. The highest BCUT2D eigenvalue weighted by atomic mass is 15.2. The number of nitrogens with zero attached hydrogens (tertiary/aromatic N) is 3. The van der Waals surface area contributed by atoms with Gasteiger partial charge in [-0.05, 0) is 32.9 Å². The Morgan fingerprint density at radius 3 is 3.06 bits per heavy atom. The van der Waals surface area contributed by atoms with Crippen LogP contribution in [0.4, 0.5) is 0 Å². The average molecular weight is 250 g/mol. The Morgan fingerprint density at radius 2 is 2.28 bits per heavy atom. The van der Waals surface area contributed by atoms with E-state index in [4.69, 9.17) is 0 Å². The lowest BCUT2D eigenvalue weighted by molar-refractivity contribution is 0.133. The zero-order chi connectivity index (χ0) is 12.8. The Balaban J connectivity index is 1.96. The Bertz CT molecular complexity index is 347. The number of rotatable bonds is 6. The number of likely N-dealkylation sites (N-methyl/N-ethyl adjacent to an activating group) is 1. The molecule has 1 unspecified atom stereocenters. The minimum atomic E-state index is 0.681. The minimum Gasteiger partial charge on any atom is -0.334 e. The van der Waals surface area contributed by atoms with Gasteiger partial charge in [0.15, 0.2) is 0 Å². The van der Waals surface area contributed by atoms with E-state index in [0.717, 1.165) is 26.2 Å². The van der Waals surface area contributed by atoms with Crippen LogP contribution in [0.5, 0.6) is 0 Å². The molecule has 2 rings (SSSR count). The van der Waals surface area contributed by atoms with Gasteiger partial charge in [-0.2, -0.15) is 0 Å². The molecule has 0 aromatic carbocycles. The van der Waals surface area contributed by atoms with Gasteiger partial charge in [0.2, 0.25) is 0 Å². The molecule has 0 amide bonds. The molecule has 1 aliphatic heterocycles. The lowest BCUT2D eigenvalue weighted by atomic mass is 10.0. The fourth-order valence-electron chi connectivity index (χ4n) is 2.77. The number of aryl methyl sites for hydroxylation is 1. The van der Waals surface area contributed by atoms with E-state index in [1.807, 2.05) is 6.20 Å². The third kappa shape index (κ3) is 3.33. The van der Waals surface area contributed by atoms with Crippen molar-refractivity contribution in [2.45, 2.75) is 52.2 Å². The van der Waals surface area contributed by atoms with Crippen molar-refractivity contribution in [1.82, 2.24) is 19.8 Å². The highest BCUT2D eigenvalue weighted by molar-refractivity contribution is 4.94. The van der Waals surface area contributed by atoms with Crippen molar-refractivity contribution in [2.24, 2.45) is 0 Å². The summed E-state index contributed by atoms with van der Waals surface area (Å²) in [4.78, 5) is 7.09. The van der Waals surface area contributed by atoms with Gasteiger partial charge in [0.1, 0.15) is 5.82 Å². The summed E-state index contributed by atoms with van der Waals surface area (Å²) in [5.41, 5.74) is 0. The van der Waals surface area contributed by atoms with Crippen molar-refractivity contribution in [3.05, 3.63) is 18.2 Å². The summed E-state index contributed by atoms with van der Waals surface area (Å²) in [6.07, 6.45) is 8.02. The molecule has 18 heavy (non-hydrogen) atoms. The second-order valence-electron chi connectivity index (χ2n) is 5.06. The molecule has 1 aromatic heterocycles. The fourth-order valence-corrected chi connectivity index (χ4v) is 2.77. The van der Waals surface area contributed by atoms with Crippen LogP contribution in [0.3, 0.4) is 0 Å². The third-order valence-corrected chi connectivity index (χ3v) is 3.87. The van der Waals surface area contributed by atoms with Gasteiger partial charge in [0.05, 0.1) is 6.54 Å². The number of imidazole rings is 1. The van der Waals surface area contributed by atoms with E-state index in [9.17, 15) is 0 Å². The van der Waals surface area contributed by atoms with Crippen LogP contribution in [0.15, 0.2) is 12.4 Å². The number of hydrogen-bond acceptors (Lipinski definition) is 3.